The molecule has 2 aromatic rings. The van der Waals surface area contributed by atoms with E-state index in [2.05, 4.69) is 10.3 Å². The van der Waals surface area contributed by atoms with Crippen LogP contribution in [0.4, 0.5) is 9.18 Å². The van der Waals surface area contributed by atoms with Crippen molar-refractivity contribution >= 4 is 29.8 Å². The van der Waals surface area contributed by atoms with Crippen molar-refractivity contribution in [2.75, 3.05) is 13.7 Å². The fourth-order valence-corrected chi connectivity index (χ4v) is 3.59. The van der Waals surface area contributed by atoms with Crippen molar-refractivity contribution in [2.45, 2.75) is 19.1 Å². The second-order valence-corrected chi connectivity index (χ2v) is 7.53. The zero-order chi connectivity index (χ0) is 23.4. The molecule has 0 aromatic heterocycles. The highest BCUT2D eigenvalue weighted by Gasteiger charge is 2.48. The number of halogens is 1. The summed E-state index contributed by atoms with van der Waals surface area (Å²) in [6.07, 6.45) is 4.74. The Morgan fingerprint density at radius 1 is 1.12 bits per heavy atom. The number of nitrogens with one attached hydrogen (secondary N) is 1. The van der Waals surface area contributed by atoms with Gasteiger partial charge in [-0.2, -0.15) is 14.3 Å². The lowest BCUT2D eigenvalue weighted by Crippen LogP contribution is -2.57. The van der Waals surface area contributed by atoms with Gasteiger partial charge in [-0.15, -0.1) is 0 Å². The van der Waals surface area contributed by atoms with E-state index >= 15 is 0 Å². The van der Waals surface area contributed by atoms with Crippen LogP contribution in [0.5, 0.6) is 5.75 Å². The molecular weight excluding hydrogens is 427 g/mol. The van der Waals surface area contributed by atoms with Crippen molar-refractivity contribution in [3.63, 3.8) is 0 Å². The fourth-order valence-electron chi connectivity index (χ4n) is 3.59. The van der Waals surface area contributed by atoms with Crippen molar-refractivity contribution in [3.8, 4) is 5.75 Å². The predicted octanol–water partition coefficient (Wildman–Crippen LogP) is 2.08. The summed E-state index contributed by atoms with van der Waals surface area (Å²) in [7, 11) is 1.55. The summed E-state index contributed by atoms with van der Waals surface area (Å²) in [4.78, 5) is 44.2. The zero-order valence-corrected chi connectivity index (χ0v) is 17.9. The van der Waals surface area contributed by atoms with Gasteiger partial charge in [0.05, 0.1) is 7.11 Å². The van der Waals surface area contributed by atoms with Gasteiger partial charge in [-0.05, 0) is 47.5 Å². The number of amides is 4. The molecule has 8 nitrogen and oxygen atoms in total. The standard InChI is InChI=1S/C24H21FN4O4/c1-33-19-10-6-17(7-11-19)14-29-23(31)22-20(3-2-12-26-22)28(24(29)32)15-21(30)27-13-16-4-8-18(25)9-5-16/h2-12,22H,13-15H2,1H3/p+1. The van der Waals surface area contributed by atoms with Crippen molar-refractivity contribution in [2.24, 2.45) is 4.99 Å². The Morgan fingerprint density at radius 2 is 1.82 bits per heavy atom. The molecule has 0 bridgehead atoms. The van der Waals surface area contributed by atoms with Gasteiger partial charge in [-0.3, -0.25) is 9.79 Å². The van der Waals surface area contributed by atoms with Crippen LogP contribution in [-0.4, -0.2) is 58.9 Å². The van der Waals surface area contributed by atoms with E-state index in [9.17, 15) is 18.8 Å². The first-order valence-electron chi connectivity index (χ1n) is 10.3. The third-order valence-electron chi connectivity index (χ3n) is 5.35. The van der Waals surface area contributed by atoms with Crippen LogP contribution in [0.2, 0.25) is 0 Å². The number of urea groups is 1. The zero-order valence-electron chi connectivity index (χ0n) is 17.9. The highest BCUT2D eigenvalue weighted by molar-refractivity contribution is 6.20. The monoisotopic (exact) mass is 449 g/mol. The maximum atomic E-state index is 13.2. The number of hydrogen-bond donors (Lipinski definition) is 1. The van der Waals surface area contributed by atoms with E-state index in [1.165, 1.54) is 22.9 Å². The minimum atomic E-state index is -0.893. The molecule has 2 aliphatic heterocycles. The van der Waals surface area contributed by atoms with Crippen molar-refractivity contribution in [3.05, 3.63) is 77.6 Å². The number of nitrogens with zero attached hydrogens (tertiary/aromatic N) is 3. The van der Waals surface area contributed by atoms with Crippen LogP contribution in [0.25, 0.3) is 0 Å². The molecule has 0 saturated carbocycles. The number of fused-ring (bicyclic) bond motifs is 1. The SMILES string of the molecule is COc1ccc(CN2C(=O)C3N=CC=CC3=[N+](CC(=O)NCc3ccc(F)cc3)C2=O)cc1. The maximum Gasteiger partial charge on any atom is 0.501 e. The molecule has 168 valence electrons. The first-order valence-corrected chi connectivity index (χ1v) is 10.3. The summed E-state index contributed by atoms with van der Waals surface area (Å²) in [5.41, 5.74) is 1.81. The number of rotatable bonds is 7. The Balaban J connectivity index is 1.52. The molecule has 33 heavy (non-hydrogen) atoms. The summed E-state index contributed by atoms with van der Waals surface area (Å²) in [5, 5.41) is 2.72. The number of ether oxygens (including phenoxy) is 1. The molecule has 2 aliphatic rings. The molecule has 1 atom stereocenters. The Labute approximate surface area is 189 Å². The summed E-state index contributed by atoms with van der Waals surface area (Å²) in [5.74, 6) is -0.570. The number of benzene rings is 2. The van der Waals surface area contributed by atoms with Gasteiger partial charge in [-0.1, -0.05) is 24.3 Å². The average Bonchev–Trinajstić information content (AvgIpc) is 2.84. The first-order chi connectivity index (χ1) is 16.0. The Hall–Kier alpha value is -4.14. The van der Waals surface area contributed by atoms with E-state index in [0.717, 1.165) is 16.0 Å². The largest absolute Gasteiger partial charge is 0.501 e. The number of allylic oxidation sites excluding steroid dienone is 1. The minimum Gasteiger partial charge on any atom is -0.497 e. The number of hydrogen-bond acceptors (Lipinski definition) is 5. The molecule has 1 unspecified atom stereocenters. The van der Waals surface area contributed by atoms with Gasteiger partial charge in [0.2, 0.25) is 6.04 Å². The number of imide groups is 1. The van der Waals surface area contributed by atoms with Gasteiger partial charge in [0.25, 0.3) is 5.91 Å². The van der Waals surface area contributed by atoms with E-state index in [1.807, 2.05) is 0 Å². The van der Waals surface area contributed by atoms with Gasteiger partial charge < -0.3 is 10.1 Å². The average molecular weight is 449 g/mol. The fraction of sp³-hybridized carbons (Fsp3) is 0.208. The first kappa shape index (κ1) is 22.1. The van der Waals surface area contributed by atoms with Crippen LogP contribution in [0.15, 0.2) is 65.7 Å². The van der Waals surface area contributed by atoms with Crippen molar-refractivity contribution in [1.82, 2.24) is 10.2 Å². The third kappa shape index (κ3) is 4.87. The summed E-state index contributed by atoms with van der Waals surface area (Å²) < 4.78 is 19.5. The number of methoxy groups -OCH3 is 1. The highest BCUT2D eigenvalue weighted by Crippen LogP contribution is 2.19. The normalized spacial score (nSPS) is 17.3. The topological polar surface area (TPSA) is 91.1 Å². The van der Waals surface area contributed by atoms with E-state index in [1.54, 1.807) is 55.7 Å². The third-order valence-corrected chi connectivity index (χ3v) is 5.35. The quantitative estimate of drug-likeness (QED) is 0.656. The molecule has 0 saturated heterocycles. The molecule has 1 N–H and O–H groups in total. The Kier molecular flexibility index (Phi) is 6.39. The van der Waals surface area contributed by atoms with Crippen LogP contribution < -0.4 is 10.1 Å². The van der Waals surface area contributed by atoms with E-state index < -0.39 is 23.9 Å². The lowest BCUT2D eigenvalue weighted by atomic mass is 10.0. The summed E-state index contributed by atoms with van der Waals surface area (Å²) in [6.45, 7) is -0.0567. The number of aliphatic imine (C=N–C) groups is 1. The molecule has 4 amide bonds. The van der Waals surface area contributed by atoms with Crippen LogP contribution >= 0.6 is 0 Å². The lowest BCUT2D eigenvalue weighted by molar-refractivity contribution is -0.428. The van der Waals surface area contributed by atoms with Crippen molar-refractivity contribution < 1.29 is 28.1 Å². The van der Waals surface area contributed by atoms with Gasteiger partial charge >= 0.3 is 11.9 Å². The minimum absolute atomic E-state index is 0.0401. The molecule has 2 aromatic carbocycles. The van der Waals surface area contributed by atoms with Crippen LogP contribution in [-0.2, 0) is 22.7 Å². The van der Waals surface area contributed by atoms with Gasteiger partial charge in [0, 0.05) is 12.8 Å². The molecular formula is C24H22FN4O4+. The van der Waals surface area contributed by atoms with E-state index in [-0.39, 0.29) is 25.5 Å². The second kappa shape index (κ2) is 9.56. The van der Waals surface area contributed by atoms with Gasteiger partial charge in [0.15, 0.2) is 6.54 Å². The molecule has 0 aliphatic carbocycles. The smallest absolute Gasteiger partial charge is 0.497 e. The van der Waals surface area contributed by atoms with Crippen LogP contribution in [0.1, 0.15) is 11.1 Å². The van der Waals surface area contributed by atoms with E-state index in [0.29, 0.717) is 11.5 Å². The van der Waals surface area contributed by atoms with Gasteiger partial charge in [0.1, 0.15) is 23.8 Å². The number of carbonyl (C=O) groups excluding carboxylic acids is 3. The lowest BCUT2D eigenvalue weighted by Gasteiger charge is -2.26. The molecule has 4 rings (SSSR count). The number of dihydropyridines is 1. The molecule has 0 radical (unpaired) electrons. The van der Waals surface area contributed by atoms with Crippen LogP contribution in [0.3, 0.4) is 0 Å². The van der Waals surface area contributed by atoms with E-state index in [4.69, 9.17) is 4.74 Å². The van der Waals surface area contributed by atoms with Gasteiger partial charge in [-0.25, -0.2) is 9.18 Å². The Bertz CT molecular complexity index is 1170. The number of carbonyl (C=O) groups is 3. The Morgan fingerprint density at radius 3 is 2.52 bits per heavy atom. The molecule has 2 heterocycles. The van der Waals surface area contributed by atoms with Crippen molar-refractivity contribution in [1.29, 1.82) is 0 Å². The predicted molar refractivity (Wildman–Crippen MR) is 119 cm³/mol. The second-order valence-electron chi connectivity index (χ2n) is 7.53. The molecule has 0 fully saturated rings. The highest BCUT2D eigenvalue weighted by atomic mass is 19.1. The summed E-state index contributed by atoms with van der Waals surface area (Å²) >= 11 is 0. The molecule has 0 spiro atoms. The maximum absolute atomic E-state index is 13.2. The summed E-state index contributed by atoms with van der Waals surface area (Å²) in [6, 6.07) is 11.3. The van der Waals surface area contributed by atoms with Crippen LogP contribution in [0, 0.1) is 5.82 Å². The molecule has 9 heteroatoms.